The maximum absolute atomic E-state index is 13.4. The maximum atomic E-state index is 13.4. The zero-order valence-corrected chi connectivity index (χ0v) is 18.3. The Morgan fingerprint density at radius 2 is 1.69 bits per heavy atom. The minimum atomic E-state index is -4.69. The summed E-state index contributed by atoms with van der Waals surface area (Å²) in [5.74, 6) is 3.12. The first-order valence-corrected chi connectivity index (χ1v) is 10.3. The molecule has 0 bridgehead atoms. The van der Waals surface area contributed by atoms with E-state index in [4.69, 9.17) is 17.4 Å². The Hall–Kier alpha value is -4.15. The number of carbonyl (C=O) groups excluding carboxylic acids is 2. The molecule has 0 saturated carbocycles. The van der Waals surface area contributed by atoms with E-state index in [-0.39, 0.29) is 33.6 Å². The number of rotatable bonds is 4. The number of hydrazine groups is 1. The number of amides is 2. The molecule has 3 N–H and O–H groups in total. The number of halogens is 4. The molecular formula is C24H15ClF3N3O4. The van der Waals surface area contributed by atoms with Gasteiger partial charge in [0.1, 0.15) is 0 Å². The van der Waals surface area contributed by atoms with Gasteiger partial charge in [0, 0.05) is 22.3 Å². The van der Waals surface area contributed by atoms with E-state index in [1.807, 2.05) is 0 Å². The molecule has 0 saturated heterocycles. The van der Waals surface area contributed by atoms with E-state index in [9.17, 15) is 32.7 Å². The van der Waals surface area contributed by atoms with Crippen molar-refractivity contribution >= 4 is 46.3 Å². The van der Waals surface area contributed by atoms with E-state index in [2.05, 4.69) is 0 Å². The van der Waals surface area contributed by atoms with Crippen molar-refractivity contribution in [1.29, 1.82) is 0 Å². The fraction of sp³-hybridized carbons (Fsp3) is 0.0417. The van der Waals surface area contributed by atoms with Crippen LogP contribution in [0.25, 0.3) is 5.57 Å². The van der Waals surface area contributed by atoms with E-state index in [0.717, 1.165) is 35.4 Å². The van der Waals surface area contributed by atoms with Gasteiger partial charge in [-0.1, -0.05) is 23.7 Å². The number of hydrogen-bond acceptors (Lipinski definition) is 4. The SMILES string of the molecule is NN(/C=C1/C(=O)N(c2cccc(C(=O)O)c2)c2cc(C(F)(F)F)ccc21)C(=O)c1ccc(Cl)cc1. The summed E-state index contributed by atoms with van der Waals surface area (Å²) < 4.78 is 40.2. The van der Waals surface area contributed by atoms with Gasteiger partial charge in [-0.15, -0.1) is 0 Å². The van der Waals surface area contributed by atoms with E-state index >= 15 is 0 Å². The first-order valence-electron chi connectivity index (χ1n) is 9.92. The van der Waals surface area contributed by atoms with Crippen molar-refractivity contribution in [1.82, 2.24) is 5.01 Å². The smallest absolute Gasteiger partial charge is 0.416 e. The number of benzene rings is 3. The average molecular weight is 502 g/mol. The second kappa shape index (κ2) is 8.90. The Kier molecular flexibility index (Phi) is 6.10. The van der Waals surface area contributed by atoms with Crippen molar-refractivity contribution < 1.29 is 32.7 Å². The highest BCUT2D eigenvalue weighted by atomic mass is 35.5. The van der Waals surface area contributed by atoms with Crippen molar-refractivity contribution in [3.63, 3.8) is 0 Å². The zero-order valence-electron chi connectivity index (χ0n) is 17.6. The van der Waals surface area contributed by atoms with Gasteiger partial charge >= 0.3 is 12.1 Å². The van der Waals surface area contributed by atoms with Gasteiger partial charge in [0.2, 0.25) is 0 Å². The molecule has 3 aromatic rings. The monoisotopic (exact) mass is 501 g/mol. The molecule has 3 aromatic carbocycles. The van der Waals surface area contributed by atoms with Gasteiger partial charge in [0.15, 0.2) is 0 Å². The third-order valence-corrected chi connectivity index (χ3v) is 5.49. The molecule has 1 aliphatic heterocycles. The lowest BCUT2D eigenvalue weighted by atomic mass is 10.1. The van der Waals surface area contributed by atoms with E-state index in [0.29, 0.717) is 10.0 Å². The molecule has 2 amide bonds. The van der Waals surface area contributed by atoms with Crippen LogP contribution in [0.3, 0.4) is 0 Å². The largest absolute Gasteiger partial charge is 0.478 e. The first-order chi connectivity index (χ1) is 16.5. The minimum absolute atomic E-state index is 0.0338. The number of nitrogens with zero attached hydrogens (tertiary/aromatic N) is 2. The molecule has 7 nitrogen and oxygen atoms in total. The molecule has 1 aliphatic rings. The highest BCUT2D eigenvalue weighted by molar-refractivity contribution is 6.35. The maximum Gasteiger partial charge on any atom is 0.416 e. The molecule has 0 aliphatic carbocycles. The van der Waals surface area contributed by atoms with Gasteiger partial charge in [-0.3, -0.25) is 19.5 Å². The predicted molar refractivity (Wildman–Crippen MR) is 122 cm³/mol. The van der Waals surface area contributed by atoms with Crippen LogP contribution in [-0.2, 0) is 11.0 Å². The lowest BCUT2D eigenvalue weighted by Gasteiger charge is -2.19. The molecule has 0 aromatic heterocycles. The molecule has 0 atom stereocenters. The molecule has 0 fully saturated rings. The molecule has 178 valence electrons. The van der Waals surface area contributed by atoms with E-state index in [1.54, 1.807) is 0 Å². The summed E-state index contributed by atoms with van der Waals surface area (Å²) in [6.45, 7) is 0. The second-order valence-electron chi connectivity index (χ2n) is 7.49. The standard InChI is InChI=1S/C24H15ClF3N3O4/c25-16-7-4-13(5-8-16)21(32)30(29)12-19-18-9-6-15(24(26,27)28)11-20(18)31(22(19)33)17-3-1-2-14(10-17)23(34)35/h1-12H,29H2,(H,34,35)/b19-12+. The normalized spacial score (nSPS) is 14.3. The number of alkyl halides is 3. The number of fused-ring (bicyclic) bond motifs is 1. The second-order valence-corrected chi connectivity index (χ2v) is 7.92. The molecular weight excluding hydrogens is 487 g/mol. The van der Waals surface area contributed by atoms with Crippen LogP contribution in [0.1, 0.15) is 31.8 Å². The van der Waals surface area contributed by atoms with Crippen LogP contribution in [0, 0.1) is 0 Å². The molecule has 4 rings (SSSR count). The van der Waals surface area contributed by atoms with Crippen molar-refractivity contribution in [3.05, 3.63) is 100 Å². The number of carboxylic acid groups (broad SMARTS) is 1. The van der Waals surface area contributed by atoms with Crippen molar-refractivity contribution in [2.45, 2.75) is 6.18 Å². The Morgan fingerprint density at radius 3 is 2.31 bits per heavy atom. The van der Waals surface area contributed by atoms with Crippen molar-refractivity contribution in [3.8, 4) is 0 Å². The summed E-state index contributed by atoms with van der Waals surface area (Å²) in [5, 5.41) is 10.3. The highest BCUT2D eigenvalue weighted by Crippen LogP contribution is 2.44. The minimum Gasteiger partial charge on any atom is -0.478 e. The van der Waals surface area contributed by atoms with Gasteiger partial charge < -0.3 is 5.11 Å². The van der Waals surface area contributed by atoms with Gasteiger partial charge in [0.05, 0.1) is 28.1 Å². The number of nitrogens with two attached hydrogens (primary N) is 1. The van der Waals surface area contributed by atoms with Crippen LogP contribution < -0.4 is 10.7 Å². The summed E-state index contributed by atoms with van der Waals surface area (Å²) in [6.07, 6.45) is -3.67. The summed E-state index contributed by atoms with van der Waals surface area (Å²) in [6, 6.07) is 13.7. The molecule has 0 spiro atoms. The summed E-state index contributed by atoms with van der Waals surface area (Å²) >= 11 is 5.82. The Balaban J connectivity index is 1.82. The lowest BCUT2D eigenvalue weighted by Crippen LogP contribution is -2.33. The summed E-state index contributed by atoms with van der Waals surface area (Å²) in [5.41, 5.74) is -1.18. The number of carboxylic acids is 1. The van der Waals surface area contributed by atoms with Gasteiger partial charge in [0.25, 0.3) is 11.8 Å². The van der Waals surface area contributed by atoms with Crippen LogP contribution in [0.4, 0.5) is 24.5 Å². The fourth-order valence-corrected chi connectivity index (χ4v) is 3.69. The average Bonchev–Trinajstić information content (AvgIpc) is 3.09. The number of aromatic carboxylic acids is 1. The molecule has 1 heterocycles. The quantitative estimate of drug-likeness (QED) is 0.224. The van der Waals surface area contributed by atoms with Crippen LogP contribution in [0.2, 0.25) is 5.02 Å². The first kappa shape index (κ1) is 24.0. The zero-order chi connectivity index (χ0) is 25.5. The van der Waals surface area contributed by atoms with E-state index < -0.39 is 29.5 Å². The van der Waals surface area contributed by atoms with Crippen LogP contribution >= 0.6 is 11.6 Å². The lowest BCUT2D eigenvalue weighted by molar-refractivity contribution is -0.137. The fourth-order valence-electron chi connectivity index (χ4n) is 3.56. The van der Waals surface area contributed by atoms with Crippen LogP contribution in [-0.4, -0.2) is 27.9 Å². The molecule has 0 radical (unpaired) electrons. The van der Waals surface area contributed by atoms with E-state index in [1.165, 1.54) is 42.5 Å². The van der Waals surface area contributed by atoms with Crippen LogP contribution in [0.5, 0.6) is 0 Å². The Bertz CT molecular complexity index is 1390. The highest BCUT2D eigenvalue weighted by Gasteiger charge is 2.38. The number of carbonyl (C=O) groups is 3. The molecule has 0 unspecified atom stereocenters. The number of anilines is 2. The molecule has 35 heavy (non-hydrogen) atoms. The van der Waals surface area contributed by atoms with Crippen molar-refractivity contribution in [2.75, 3.05) is 4.90 Å². The van der Waals surface area contributed by atoms with Gasteiger partial charge in [-0.05, 0) is 54.6 Å². The summed E-state index contributed by atoms with van der Waals surface area (Å²) in [7, 11) is 0. The third kappa shape index (κ3) is 4.61. The topological polar surface area (TPSA) is 104 Å². The summed E-state index contributed by atoms with van der Waals surface area (Å²) in [4.78, 5) is 38.4. The van der Waals surface area contributed by atoms with Crippen molar-refractivity contribution in [2.24, 2.45) is 5.84 Å². The Morgan fingerprint density at radius 1 is 1.00 bits per heavy atom. The predicted octanol–water partition coefficient (Wildman–Crippen LogP) is 5.09. The number of hydrogen-bond donors (Lipinski definition) is 2. The van der Waals surface area contributed by atoms with Gasteiger partial charge in [-0.2, -0.15) is 13.2 Å². The van der Waals surface area contributed by atoms with Crippen LogP contribution in [0.15, 0.2) is 72.9 Å². The Labute approximate surface area is 201 Å². The van der Waals surface area contributed by atoms with Gasteiger partial charge in [-0.25, -0.2) is 10.6 Å². The third-order valence-electron chi connectivity index (χ3n) is 5.23. The molecule has 11 heteroatoms.